The van der Waals surface area contributed by atoms with Crippen LogP contribution in [0.3, 0.4) is 0 Å². The van der Waals surface area contributed by atoms with Crippen LogP contribution in [0.5, 0.6) is 0 Å². The maximum atomic E-state index is 11.7. The third-order valence-electron chi connectivity index (χ3n) is 2.50. The van der Waals surface area contributed by atoms with Gasteiger partial charge < -0.3 is 20.1 Å². The Bertz CT molecular complexity index is 282. The maximum Gasteiger partial charge on any atom is 0.232 e. The van der Waals surface area contributed by atoms with Gasteiger partial charge in [-0.05, 0) is 6.92 Å². The highest BCUT2D eigenvalue weighted by atomic mass is 32.2. The van der Waals surface area contributed by atoms with Crippen molar-refractivity contribution in [3.05, 3.63) is 0 Å². The molecule has 1 fully saturated rings. The molecule has 0 aliphatic carbocycles. The van der Waals surface area contributed by atoms with Gasteiger partial charge in [-0.25, -0.2) is 0 Å². The predicted molar refractivity (Wildman–Crippen MR) is 69.4 cm³/mol. The molecule has 0 unspecified atom stereocenters. The van der Waals surface area contributed by atoms with Crippen LogP contribution in [-0.2, 0) is 14.3 Å². The number of morpholine rings is 1. The highest BCUT2D eigenvalue weighted by Crippen LogP contribution is 2.05. The van der Waals surface area contributed by atoms with E-state index in [-0.39, 0.29) is 30.2 Å². The summed E-state index contributed by atoms with van der Waals surface area (Å²) in [5, 5.41) is 11.4. The summed E-state index contributed by atoms with van der Waals surface area (Å²) in [4.78, 5) is 24.9. The first-order valence-electron chi connectivity index (χ1n) is 5.97. The number of thioether (sulfide) groups is 1. The Morgan fingerprint density at radius 3 is 2.67 bits per heavy atom. The molecule has 0 saturated carbocycles. The molecular formula is C11H20N2O4S. The fraction of sp³-hybridized carbons (Fsp3) is 0.818. The molecule has 6 nitrogen and oxygen atoms in total. The summed E-state index contributed by atoms with van der Waals surface area (Å²) in [7, 11) is 0. The molecule has 0 spiro atoms. The zero-order valence-corrected chi connectivity index (χ0v) is 11.4. The quantitative estimate of drug-likeness (QED) is 0.656. The minimum atomic E-state index is -0.243. The normalized spacial score (nSPS) is 17.3. The number of hydrogen-bond acceptors (Lipinski definition) is 5. The molecule has 1 atom stereocenters. The summed E-state index contributed by atoms with van der Waals surface area (Å²) in [6.07, 6.45) is 0. The third kappa shape index (κ3) is 5.70. The lowest BCUT2D eigenvalue weighted by Gasteiger charge is -2.26. The average Bonchev–Trinajstić information content (AvgIpc) is 2.39. The molecule has 1 heterocycles. The van der Waals surface area contributed by atoms with Crippen molar-refractivity contribution in [2.45, 2.75) is 13.0 Å². The Kier molecular flexibility index (Phi) is 7.07. The third-order valence-corrected chi connectivity index (χ3v) is 3.42. The molecular weight excluding hydrogens is 256 g/mol. The Morgan fingerprint density at radius 1 is 1.39 bits per heavy atom. The van der Waals surface area contributed by atoms with E-state index in [0.717, 1.165) is 0 Å². The molecule has 1 saturated heterocycles. The van der Waals surface area contributed by atoms with Crippen LogP contribution in [0.1, 0.15) is 6.92 Å². The number of carbonyl (C=O) groups excluding carboxylic acids is 2. The Labute approximate surface area is 111 Å². The summed E-state index contributed by atoms with van der Waals surface area (Å²) in [6, 6.07) is -0.243. The fourth-order valence-electron chi connectivity index (χ4n) is 1.50. The van der Waals surface area contributed by atoms with E-state index in [2.05, 4.69) is 5.32 Å². The van der Waals surface area contributed by atoms with Gasteiger partial charge in [-0.3, -0.25) is 9.59 Å². The fourth-order valence-corrected chi connectivity index (χ4v) is 2.23. The molecule has 104 valence electrons. The first-order valence-corrected chi connectivity index (χ1v) is 7.12. The molecule has 1 aliphatic rings. The van der Waals surface area contributed by atoms with Crippen LogP contribution in [-0.4, -0.2) is 72.3 Å². The number of nitrogens with one attached hydrogen (secondary N) is 1. The number of nitrogens with zero attached hydrogens (tertiary/aromatic N) is 1. The predicted octanol–water partition coefficient (Wildman–Crippen LogP) is -0.925. The highest BCUT2D eigenvalue weighted by Gasteiger charge is 2.17. The highest BCUT2D eigenvalue weighted by molar-refractivity contribution is 8.00. The lowest BCUT2D eigenvalue weighted by molar-refractivity contribution is -0.132. The molecule has 2 N–H and O–H groups in total. The number of carbonyl (C=O) groups is 2. The second kappa shape index (κ2) is 8.34. The molecule has 0 aromatic heterocycles. The summed E-state index contributed by atoms with van der Waals surface area (Å²) < 4.78 is 5.16. The van der Waals surface area contributed by atoms with Gasteiger partial charge in [0.25, 0.3) is 0 Å². The smallest absolute Gasteiger partial charge is 0.232 e. The van der Waals surface area contributed by atoms with Crippen molar-refractivity contribution in [3.8, 4) is 0 Å². The maximum absolute atomic E-state index is 11.7. The molecule has 0 aromatic carbocycles. The Balaban J connectivity index is 2.12. The van der Waals surface area contributed by atoms with E-state index < -0.39 is 0 Å². The second-order valence-corrected chi connectivity index (χ2v) is 5.12. The number of aliphatic hydroxyl groups is 1. The van der Waals surface area contributed by atoms with E-state index in [9.17, 15) is 9.59 Å². The van der Waals surface area contributed by atoms with Crippen LogP contribution in [0.4, 0.5) is 0 Å². The van der Waals surface area contributed by atoms with Crippen LogP contribution >= 0.6 is 11.8 Å². The van der Waals surface area contributed by atoms with Crippen LogP contribution in [0.25, 0.3) is 0 Å². The number of amides is 2. The van der Waals surface area contributed by atoms with Crippen LogP contribution in [0.2, 0.25) is 0 Å². The number of rotatable bonds is 6. The minimum absolute atomic E-state index is 0.0475. The van der Waals surface area contributed by atoms with E-state index in [0.29, 0.717) is 32.1 Å². The summed E-state index contributed by atoms with van der Waals surface area (Å²) in [5.74, 6) is 0.434. The molecule has 0 radical (unpaired) electrons. The van der Waals surface area contributed by atoms with Gasteiger partial charge in [-0.2, -0.15) is 0 Å². The van der Waals surface area contributed by atoms with Gasteiger partial charge >= 0.3 is 0 Å². The second-order valence-electron chi connectivity index (χ2n) is 4.14. The largest absolute Gasteiger partial charge is 0.394 e. The van der Waals surface area contributed by atoms with Gasteiger partial charge in [-0.1, -0.05) is 0 Å². The molecule has 1 aliphatic heterocycles. The van der Waals surface area contributed by atoms with E-state index in [1.54, 1.807) is 11.8 Å². The molecule has 0 bridgehead atoms. The van der Waals surface area contributed by atoms with E-state index >= 15 is 0 Å². The first kappa shape index (κ1) is 15.3. The van der Waals surface area contributed by atoms with Gasteiger partial charge in [0.15, 0.2) is 0 Å². The standard InChI is InChI=1S/C11H20N2O4S/c1-9(6-14)12-10(15)7-18-8-11(16)13-2-4-17-5-3-13/h9,14H,2-8H2,1H3,(H,12,15)/t9-/m1/s1. The first-order chi connectivity index (χ1) is 8.63. The number of hydrogen-bond donors (Lipinski definition) is 2. The van der Waals surface area contributed by atoms with Crippen molar-refractivity contribution in [1.82, 2.24) is 10.2 Å². The summed E-state index contributed by atoms with van der Waals surface area (Å²) >= 11 is 1.29. The molecule has 7 heteroatoms. The van der Waals surface area contributed by atoms with Crippen molar-refractivity contribution in [1.29, 1.82) is 0 Å². The summed E-state index contributed by atoms with van der Waals surface area (Å²) in [5.41, 5.74) is 0. The lowest BCUT2D eigenvalue weighted by atomic mass is 10.4. The minimum Gasteiger partial charge on any atom is -0.394 e. The average molecular weight is 276 g/mol. The number of ether oxygens (including phenoxy) is 1. The van der Waals surface area contributed by atoms with Crippen molar-refractivity contribution >= 4 is 23.6 Å². The van der Waals surface area contributed by atoms with Gasteiger partial charge in [0.1, 0.15) is 0 Å². The van der Waals surface area contributed by atoms with Crippen LogP contribution in [0.15, 0.2) is 0 Å². The van der Waals surface area contributed by atoms with Gasteiger partial charge in [0.2, 0.25) is 11.8 Å². The van der Waals surface area contributed by atoms with Crippen molar-refractivity contribution in [2.75, 3.05) is 44.4 Å². The topological polar surface area (TPSA) is 78.9 Å². The van der Waals surface area contributed by atoms with Crippen LogP contribution in [0, 0.1) is 0 Å². The van der Waals surface area contributed by atoms with E-state index in [4.69, 9.17) is 9.84 Å². The zero-order valence-electron chi connectivity index (χ0n) is 10.6. The molecule has 0 aromatic rings. The SMILES string of the molecule is C[C@H](CO)NC(=O)CSCC(=O)N1CCOCC1. The monoisotopic (exact) mass is 276 g/mol. The van der Waals surface area contributed by atoms with Gasteiger partial charge in [0, 0.05) is 19.1 Å². The lowest BCUT2D eigenvalue weighted by Crippen LogP contribution is -2.42. The Morgan fingerprint density at radius 2 is 2.06 bits per heavy atom. The van der Waals surface area contributed by atoms with Crippen LogP contribution < -0.4 is 5.32 Å². The van der Waals surface area contributed by atoms with Crippen molar-refractivity contribution < 1.29 is 19.4 Å². The van der Waals surface area contributed by atoms with Crippen molar-refractivity contribution in [2.24, 2.45) is 0 Å². The molecule has 18 heavy (non-hydrogen) atoms. The number of aliphatic hydroxyl groups excluding tert-OH is 1. The van der Waals surface area contributed by atoms with Crippen molar-refractivity contribution in [3.63, 3.8) is 0 Å². The summed E-state index contributed by atoms with van der Waals surface area (Å²) in [6.45, 7) is 4.08. The molecule has 1 rings (SSSR count). The van der Waals surface area contributed by atoms with Gasteiger partial charge in [-0.15, -0.1) is 11.8 Å². The van der Waals surface area contributed by atoms with E-state index in [1.807, 2.05) is 0 Å². The zero-order chi connectivity index (χ0) is 13.4. The van der Waals surface area contributed by atoms with E-state index in [1.165, 1.54) is 11.8 Å². The Hall–Kier alpha value is -0.790. The van der Waals surface area contributed by atoms with Gasteiger partial charge in [0.05, 0.1) is 31.3 Å². The molecule has 2 amide bonds.